The fraction of sp³-hybridized carbons (Fsp3) is 1.00. The lowest BCUT2D eigenvalue weighted by Crippen LogP contribution is -2.47. The number of piperidine rings is 1. The highest BCUT2D eigenvalue weighted by atomic mass is 16.5. The van der Waals surface area contributed by atoms with Crippen LogP contribution in [0.5, 0.6) is 0 Å². The number of nitrogens with one attached hydrogen (secondary N) is 1. The summed E-state index contributed by atoms with van der Waals surface area (Å²) in [6.07, 6.45) is 3.73. The van der Waals surface area contributed by atoms with Gasteiger partial charge in [-0.3, -0.25) is 0 Å². The van der Waals surface area contributed by atoms with E-state index < -0.39 is 0 Å². The molecule has 0 spiro atoms. The van der Waals surface area contributed by atoms with Crippen molar-refractivity contribution in [3.05, 3.63) is 0 Å². The van der Waals surface area contributed by atoms with Crippen LogP contribution in [0.2, 0.25) is 0 Å². The summed E-state index contributed by atoms with van der Waals surface area (Å²) in [6.45, 7) is 10.2. The van der Waals surface area contributed by atoms with Gasteiger partial charge in [-0.2, -0.15) is 0 Å². The molecule has 0 radical (unpaired) electrons. The third-order valence-electron chi connectivity index (χ3n) is 4.20. The zero-order chi connectivity index (χ0) is 14.1. The summed E-state index contributed by atoms with van der Waals surface area (Å²) in [4.78, 5) is 4.87. The third kappa shape index (κ3) is 6.21. The molecule has 0 aromatic carbocycles. The normalized spacial score (nSPS) is 19.3. The van der Waals surface area contributed by atoms with Crippen molar-refractivity contribution in [1.29, 1.82) is 0 Å². The number of nitrogens with zero attached hydrogens (tertiary/aromatic N) is 2. The molecular formula is C15H33N3O. The summed E-state index contributed by atoms with van der Waals surface area (Å²) < 4.78 is 5.51. The van der Waals surface area contributed by atoms with E-state index in [2.05, 4.69) is 36.1 Å². The maximum absolute atomic E-state index is 5.51. The second-order valence-corrected chi connectivity index (χ2v) is 6.21. The Labute approximate surface area is 119 Å². The van der Waals surface area contributed by atoms with Gasteiger partial charge in [-0.05, 0) is 66.1 Å². The summed E-state index contributed by atoms with van der Waals surface area (Å²) in [5.41, 5.74) is 0.369. The maximum Gasteiger partial charge on any atom is 0.0531 e. The van der Waals surface area contributed by atoms with Crippen molar-refractivity contribution < 1.29 is 4.74 Å². The van der Waals surface area contributed by atoms with Gasteiger partial charge in [0, 0.05) is 19.1 Å². The highest BCUT2D eigenvalue weighted by molar-refractivity contribution is 4.87. The van der Waals surface area contributed by atoms with Crippen LogP contribution in [0.1, 0.15) is 26.2 Å². The Morgan fingerprint density at radius 2 is 1.84 bits per heavy atom. The van der Waals surface area contributed by atoms with Crippen LogP contribution < -0.4 is 5.32 Å². The number of ether oxygens (including phenoxy) is 1. The highest BCUT2D eigenvalue weighted by Gasteiger charge is 2.33. The van der Waals surface area contributed by atoms with Crippen LogP contribution in [0.25, 0.3) is 0 Å². The van der Waals surface area contributed by atoms with E-state index in [1.165, 1.54) is 38.9 Å². The molecule has 1 heterocycles. The predicted octanol–water partition coefficient (Wildman–Crippen LogP) is 1.28. The Balaban J connectivity index is 2.45. The third-order valence-corrected chi connectivity index (χ3v) is 4.20. The molecule has 1 aliphatic rings. The summed E-state index contributed by atoms with van der Waals surface area (Å²) in [5.74, 6) is 0. The minimum Gasteiger partial charge on any atom is -0.384 e. The average molecular weight is 271 g/mol. The van der Waals surface area contributed by atoms with Gasteiger partial charge in [-0.1, -0.05) is 6.92 Å². The molecule has 0 aliphatic carbocycles. The maximum atomic E-state index is 5.51. The Hall–Kier alpha value is -0.160. The zero-order valence-corrected chi connectivity index (χ0v) is 13.4. The lowest BCUT2D eigenvalue weighted by Gasteiger charge is -2.41. The fourth-order valence-corrected chi connectivity index (χ4v) is 3.05. The Bertz CT molecular complexity index is 222. The van der Waals surface area contributed by atoms with Crippen molar-refractivity contribution in [2.24, 2.45) is 5.41 Å². The zero-order valence-electron chi connectivity index (χ0n) is 13.4. The molecular weight excluding hydrogens is 238 g/mol. The molecule has 0 aromatic rings. The largest absolute Gasteiger partial charge is 0.384 e. The lowest BCUT2D eigenvalue weighted by molar-refractivity contribution is 0.0229. The standard InChI is InChI=1S/C15H33N3O/c1-5-18(12-6-11-17(2)3)13-15(14-19-4)7-9-16-10-8-15/h16H,5-14H2,1-4H3. The van der Waals surface area contributed by atoms with Crippen LogP contribution in [-0.2, 0) is 4.74 Å². The van der Waals surface area contributed by atoms with E-state index in [-0.39, 0.29) is 0 Å². The van der Waals surface area contributed by atoms with Gasteiger partial charge in [-0.25, -0.2) is 0 Å². The van der Waals surface area contributed by atoms with Crippen LogP contribution in [-0.4, -0.2) is 76.9 Å². The molecule has 0 unspecified atom stereocenters. The van der Waals surface area contributed by atoms with Crippen molar-refractivity contribution in [3.8, 4) is 0 Å². The molecule has 0 bridgehead atoms. The molecule has 0 amide bonds. The van der Waals surface area contributed by atoms with Gasteiger partial charge in [0.05, 0.1) is 6.61 Å². The molecule has 19 heavy (non-hydrogen) atoms. The molecule has 1 saturated heterocycles. The van der Waals surface area contributed by atoms with E-state index in [4.69, 9.17) is 4.74 Å². The van der Waals surface area contributed by atoms with Gasteiger partial charge in [0.15, 0.2) is 0 Å². The summed E-state index contributed by atoms with van der Waals surface area (Å²) in [5, 5.41) is 3.47. The van der Waals surface area contributed by atoms with Gasteiger partial charge in [0.25, 0.3) is 0 Å². The summed E-state index contributed by atoms with van der Waals surface area (Å²) in [7, 11) is 6.14. The average Bonchev–Trinajstić information content (AvgIpc) is 2.38. The van der Waals surface area contributed by atoms with Gasteiger partial charge < -0.3 is 19.9 Å². The first kappa shape index (κ1) is 16.9. The Morgan fingerprint density at radius 1 is 1.16 bits per heavy atom. The number of hydrogen-bond donors (Lipinski definition) is 1. The molecule has 0 saturated carbocycles. The monoisotopic (exact) mass is 271 g/mol. The van der Waals surface area contributed by atoms with Crippen molar-refractivity contribution in [1.82, 2.24) is 15.1 Å². The van der Waals surface area contributed by atoms with Crippen LogP contribution in [0, 0.1) is 5.41 Å². The van der Waals surface area contributed by atoms with Crippen molar-refractivity contribution >= 4 is 0 Å². The number of methoxy groups -OCH3 is 1. The molecule has 1 fully saturated rings. The molecule has 1 aliphatic heterocycles. The van der Waals surface area contributed by atoms with E-state index in [1.54, 1.807) is 0 Å². The SMILES string of the molecule is CCN(CCCN(C)C)CC1(COC)CCNCC1. The number of rotatable bonds is 9. The Kier molecular flexibility index (Phi) is 7.91. The minimum absolute atomic E-state index is 0.369. The van der Waals surface area contributed by atoms with E-state index in [1.807, 2.05) is 7.11 Å². The Morgan fingerprint density at radius 3 is 2.37 bits per heavy atom. The van der Waals surface area contributed by atoms with Crippen molar-refractivity contribution in [2.45, 2.75) is 26.2 Å². The van der Waals surface area contributed by atoms with Crippen LogP contribution >= 0.6 is 0 Å². The van der Waals surface area contributed by atoms with Crippen molar-refractivity contribution in [2.75, 3.05) is 67.1 Å². The molecule has 1 rings (SSSR count). The first-order valence-corrected chi connectivity index (χ1v) is 7.68. The van der Waals surface area contributed by atoms with Crippen LogP contribution in [0.15, 0.2) is 0 Å². The minimum atomic E-state index is 0.369. The summed E-state index contributed by atoms with van der Waals surface area (Å²) >= 11 is 0. The van der Waals surface area contributed by atoms with Crippen molar-refractivity contribution in [3.63, 3.8) is 0 Å². The molecule has 0 atom stereocenters. The quantitative estimate of drug-likeness (QED) is 0.684. The van der Waals surface area contributed by atoms with Gasteiger partial charge >= 0.3 is 0 Å². The van der Waals surface area contributed by atoms with E-state index >= 15 is 0 Å². The summed E-state index contributed by atoms with van der Waals surface area (Å²) in [6, 6.07) is 0. The second-order valence-electron chi connectivity index (χ2n) is 6.21. The first-order chi connectivity index (χ1) is 9.12. The molecule has 1 N–H and O–H groups in total. The van der Waals surface area contributed by atoms with Gasteiger partial charge in [0.1, 0.15) is 0 Å². The second kappa shape index (κ2) is 8.90. The smallest absolute Gasteiger partial charge is 0.0531 e. The van der Waals surface area contributed by atoms with Crippen LogP contribution in [0.3, 0.4) is 0 Å². The fourth-order valence-electron chi connectivity index (χ4n) is 3.05. The molecule has 0 aromatic heterocycles. The van der Waals surface area contributed by atoms with E-state index in [9.17, 15) is 0 Å². The molecule has 4 heteroatoms. The van der Waals surface area contributed by atoms with Crippen LogP contribution in [0.4, 0.5) is 0 Å². The highest BCUT2D eigenvalue weighted by Crippen LogP contribution is 2.30. The topological polar surface area (TPSA) is 27.7 Å². The predicted molar refractivity (Wildman–Crippen MR) is 81.7 cm³/mol. The first-order valence-electron chi connectivity index (χ1n) is 7.68. The lowest BCUT2D eigenvalue weighted by atomic mass is 9.79. The van der Waals surface area contributed by atoms with E-state index in [0.29, 0.717) is 5.41 Å². The molecule has 4 nitrogen and oxygen atoms in total. The van der Waals surface area contributed by atoms with Gasteiger partial charge in [-0.15, -0.1) is 0 Å². The number of hydrogen-bond acceptors (Lipinski definition) is 4. The molecule has 114 valence electrons. The van der Waals surface area contributed by atoms with E-state index in [0.717, 1.165) is 26.2 Å². The van der Waals surface area contributed by atoms with Gasteiger partial charge in [0.2, 0.25) is 0 Å².